The summed E-state index contributed by atoms with van der Waals surface area (Å²) in [6.07, 6.45) is 0.796. The number of hydrogen-bond acceptors (Lipinski definition) is 6. The molecule has 0 aliphatic rings. The van der Waals surface area contributed by atoms with Gasteiger partial charge in [0.15, 0.2) is 11.6 Å². The van der Waals surface area contributed by atoms with Gasteiger partial charge in [0.1, 0.15) is 11.3 Å². The molecule has 0 bridgehead atoms. The molecule has 0 radical (unpaired) electrons. The molecule has 0 amide bonds. The van der Waals surface area contributed by atoms with Crippen molar-refractivity contribution in [2.75, 3.05) is 27.7 Å². The van der Waals surface area contributed by atoms with Crippen molar-refractivity contribution in [2.24, 2.45) is 5.73 Å². The lowest BCUT2D eigenvalue weighted by Gasteiger charge is -2.24. The Morgan fingerprint density at radius 2 is 1.93 bits per heavy atom. The molecule has 2 aromatic carbocycles. The Hall–Kier alpha value is -2.96. The standard InChI is InChI=1S/C22H24N4O2/c1-26(2)18(10-11-23)21-16-9-8-15(27-3)13-17(16)24-22(25-21)20-12-14-6-4-5-7-19(14)28-20/h4-9,12-13,18H,10-11,23H2,1-3H3. The molecule has 2 aromatic heterocycles. The predicted octanol–water partition coefficient (Wildman–Crippen LogP) is 4.00. The maximum absolute atomic E-state index is 6.02. The van der Waals surface area contributed by atoms with Crippen LogP contribution in [0.4, 0.5) is 0 Å². The number of nitrogens with zero attached hydrogens (tertiary/aromatic N) is 3. The number of benzene rings is 2. The summed E-state index contributed by atoms with van der Waals surface area (Å²) < 4.78 is 11.4. The Balaban J connectivity index is 1.95. The summed E-state index contributed by atoms with van der Waals surface area (Å²) in [6, 6.07) is 15.8. The van der Waals surface area contributed by atoms with E-state index in [-0.39, 0.29) is 6.04 Å². The molecular formula is C22H24N4O2. The molecular weight excluding hydrogens is 352 g/mol. The van der Waals surface area contributed by atoms with Crippen molar-refractivity contribution in [2.45, 2.75) is 12.5 Å². The van der Waals surface area contributed by atoms with Crippen molar-refractivity contribution in [3.8, 4) is 17.3 Å². The third-order valence-electron chi connectivity index (χ3n) is 4.96. The Labute approximate surface area is 163 Å². The fraction of sp³-hybridized carbons (Fsp3) is 0.273. The number of ether oxygens (including phenoxy) is 1. The van der Waals surface area contributed by atoms with Gasteiger partial charge in [-0.3, -0.25) is 0 Å². The lowest BCUT2D eigenvalue weighted by atomic mass is 10.0. The third-order valence-corrected chi connectivity index (χ3v) is 4.96. The number of methoxy groups -OCH3 is 1. The second-order valence-corrected chi connectivity index (χ2v) is 7.02. The molecule has 4 aromatic rings. The van der Waals surface area contributed by atoms with E-state index in [9.17, 15) is 0 Å². The Bertz CT molecular complexity index is 1090. The van der Waals surface area contributed by atoms with Gasteiger partial charge < -0.3 is 19.8 Å². The number of rotatable bonds is 6. The Kier molecular flexibility index (Phi) is 4.98. The lowest BCUT2D eigenvalue weighted by Crippen LogP contribution is -2.24. The smallest absolute Gasteiger partial charge is 0.196 e. The minimum atomic E-state index is 0.0759. The quantitative estimate of drug-likeness (QED) is 0.548. The molecule has 0 saturated carbocycles. The Morgan fingerprint density at radius 3 is 2.64 bits per heavy atom. The molecule has 6 heteroatoms. The minimum Gasteiger partial charge on any atom is -0.497 e. The van der Waals surface area contributed by atoms with Gasteiger partial charge in [0.2, 0.25) is 0 Å². The average molecular weight is 376 g/mol. The van der Waals surface area contributed by atoms with Gasteiger partial charge in [-0.2, -0.15) is 0 Å². The van der Waals surface area contributed by atoms with Gasteiger partial charge >= 0.3 is 0 Å². The molecule has 2 N–H and O–H groups in total. The van der Waals surface area contributed by atoms with Crippen LogP contribution in [-0.4, -0.2) is 42.6 Å². The molecule has 2 heterocycles. The highest BCUT2D eigenvalue weighted by atomic mass is 16.5. The molecule has 6 nitrogen and oxygen atoms in total. The summed E-state index contributed by atoms with van der Waals surface area (Å²) in [6.45, 7) is 0.574. The van der Waals surface area contributed by atoms with Gasteiger partial charge in [0.05, 0.1) is 24.4 Å². The van der Waals surface area contributed by atoms with Gasteiger partial charge in [0.25, 0.3) is 0 Å². The van der Waals surface area contributed by atoms with Crippen LogP contribution in [0.5, 0.6) is 5.75 Å². The van der Waals surface area contributed by atoms with Crippen molar-refractivity contribution >= 4 is 21.9 Å². The highest BCUT2D eigenvalue weighted by Gasteiger charge is 2.21. The summed E-state index contributed by atoms with van der Waals surface area (Å²) in [4.78, 5) is 11.8. The first-order valence-electron chi connectivity index (χ1n) is 9.32. The second kappa shape index (κ2) is 7.58. The monoisotopic (exact) mass is 376 g/mol. The first kappa shape index (κ1) is 18.4. The van der Waals surface area contributed by atoms with Crippen molar-refractivity contribution in [1.29, 1.82) is 0 Å². The summed E-state index contributed by atoms with van der Waals surface area (Å²) >= 11 is 0. The van der Waals surface area contributed by atoms with E-state index in [0.29, 0.717) is 18.1 Å². The van der Waals surface area contributed by atoms with Gasteiger partial charge in [-0.25, -0.2) is 9.97 Å². The first-order chi connectivity index (χ1) is 13.6. The van der Waals surface area contributed by atoms with E-state index in [1.54, 1.807) is 7.11 Å². The van der Waals surface area contributed by atoms with Crippen LogP contribution in [0, 0.1) is 0 Å². The van der Waals surface area contributed by atoms with Crippen LogP contribution in [0.1, 0.15) is 18.2 Å². The number of nitrogens with two attached hydrogens (primary N) is 1. The van der Waals surface area contributed by atoms with Crippen LogP contribution >= 0.6 is 0 Å². The molecule has 4 rings (SSSR count). The summed E-state index contributed by atoms with van der Waals surface area (Å²) in [5.74, 6) is 1.97. The van der Waals surface area contributed by atoms with E-state index in [1.807, 2.05) is 62.6 Å². The van der Waals surface area contributed by atoms with Gasteiger partial charge in [-0.05, 0) is 51.3 Å². The van der Waals surface area contributed by atoms with Crippen LogP contribution in [0.3, 0.4) is 0 Å². The van der Waals surface area contributed by atoms with Crippen LogP contribution in [-0.2, 0) is 0 Å². The summed E-state index contributed by atoms with van der Waals surface area (Å²) in [7, 11) is 5.73. The van der Waals surface area contributed by atoms with E-state index in [2.05, 4.69) is 4.90 Å². The average Bonchev–Trinajstić information content (AvgIpc) is 3.15. The van der Waals surface area contributed by atoms with Crippen LogP contribution in [0.15, 0.2) is 52.9 Å². The van der Waals surface area contributed by atoms with Crippen LogP contribution in [0.25, 0.3) is 33.5 Å². The normalized spacial score (nSPS) is 12.8. The van der Waals surface area contributed by atoms with Crippen molar-refractivity contribution in [3.63, 3.8) is 0 Å². The SMILES string of the molecule is COc1ccc2c(C(CCN)N(C)C)nc(-c3cc4ccccc4o3)nc2c1. The molecule has 28 heavy (non-hydrogen) atoms. The van der Waals surface area contributed by atoms with Crippen molar-refractivity contribution in [1.82, 2.24) is 14.9 Å². The highest BCUT2D eigenvalue weighted by molar-refractivity contribution is 5.86. The number of hydrogen-bond donors (Lipinski definition) is 1. The second-order valence-electron chi connectivity index (χ2n) is 7.02. The van der Waals surface area contributed by atoms with Crippen LogP contribution < -0.4 is 10.5 Å². The number of aromatic nitrogens is 2. The minimum absolute atomic E-state index is 0.0759. The summed E-state index contributed by atoms with van der Waals surface area (Å²) in [5, 5.41) is 2.02. The first-order valence-corrected chi connectivity index (χ1v) is 9.32. The third kappa shape index (κ3) is 3.32. The van der Waals surface area contributed by atoms with E-state index >= 15 is 0 Å². The van der Waals surface area contributed by atoms with E-state index in [0.717, 1.165) is 39.7 Å². The predicted molar refractivity (Wildman–Crippen MR) is 111 cm³/mol. The molecule has 1 unspecified atom stereocenters. The number of fused-ring (bicyclic) bond motifs is 2. The molecule has 0 saturated heterocycles. The van der Waals surface area contributed by atoms with Gasteiger partial charge in [-0.15, -0.1) is 0 Å². The largest absolute Gasteiger partial charge is 0.497 e. The molecule has 0 spiro atoms. The fourth-order valence-electron chi connectivity index (χ4n) is 3.51. The highest BCUT2D eigenvalue weighted by Crippen LogP contribution is 2.33. The van der Waals surface area contributed by atoms with Crippen molar-refractivity contribution < 1.29 is 9.15 Å². The topological polar surface area (TPSA) is 77.4 Å². The van der Waals surface area contributed by atoms with E-state index in [4.69, 9.17) is 24.9 Å². The zero-order valence-electron chi connectivity index (χ0n) is 16.3. The number of para-hydroxylation sites is 1. The van der Waals surface area contributed by atoms with Crippen molar-refractivity contribution in [3.05, 3.63) is 54.2 Å². The molecule has 0 aliphatic carbocycles. The molecule has 0 aliphatic heterocycles. The molecule has 144 valence electrons. The van der Waals surface area contributed by atoms with Gasteiger partial charge in [0, 0.05) is 16.8 Å². The molecule has 1 atom stereocenters. The molecule has 0 fully saturated rings. The fourth-order valence-corrected chi connectivity index (χ4v) is 3.51. The maximum Gasteiger partial charge on any atom is 0.196 e. The summed E-state index contributed by atoms with van der Waals surface area (Å²) in [5.41, 5.74) is 8.47. The zero-order valence-corrected chi connectivity index (χ0v) is 16.3. The zero-order chi connectivity index (χ0) is 19.7. The van der Waals surface area contributed by atoms with E-state index in [1.165, 1.54) is 0 Å². The lowest BCUT2D eigenvalue weighted by molar-refractivity contribution is 0.283. The van der Waals surface area contributed by atoms with Gasteiger partial charge in [-0.1, -0.05) is 18.2 Å². The van der Waals surface area contributed by atoms with E-state index < -0.39 is 0 Å². The Morgan fingerprint density at radius 1 is 1.11 bits per heavy atom. The van der Waals surface area contributed by atoms with Crippen LogP contribution in [0.2, 0.25) is 0 Å². The number of furan rings is 1. The maximum atomic E-state index is 6.02.